The Morgan fingerprint density at radius 1 is 1.40 bits per heavy atom. The predicted octanol–water partition coefficient (Wildman–Crippen LogP) is 1.84. The molecule has 80 valence electrons. The number of benzene rings is 1. The Hall–Kier alpha value is -1.35. The molecule has 0 amide bonds. The van der Waals surface area contributed by atoms with E-state index in [9.17, 15) is 4.79 Å². The second-order valence-corrected chi connectivity index (χ2v) is 3.78. The molecular weight excluding hydrogens is 190 g/mol. The van der Waals surface area contributed by atoms with Crippen molar-refractivity contribution >= 4 is 6.29 Å². The molecule has 1 heterocycles. The second-order valence-electron chi connectivity index (χ2n) is 3.78. The molecule has 1 aliphatic rings. The lowest BCUT2D eigenvalue weighted by atomic mass is 10.1. The van der Waals surface area contributed by atoms with Crippen molar-refractivity contribution < 1.29 is 9.53 Å². The third kappa shape index (κ3) is 1.75. The van der Waals surface area contributed by atoms with Crippen LogP contribution in [0.15, 0.2) is 12.1 Å². The van der Waals surface area contributed by atoms with Crippen molar-refractivity contribution in [2.75, 3.05) is 13.7 Å². The van der Waals surface area contributed by atoms with Crippen LogP contribution in [0.3, 0.4) is 0 Å². The highest BCUT2D eigenvalue weighted by Gasteiger charge is 2.19. The van der Waals surface area contributed by atoms with Gasteiger partial charge < -0.3 is 4.74 Å². The van der Waals surface area contributed by atoms with Crippen LogP contribution in [0, 0.1) is 0 Å². The molecule has 0 atom stereocenters. The van der Waals surface area contributed by atoms with Gasteiger partial charge in [0.2, 0.25) is 0 Å². The van der Waals surface area contributed by atoms with E-state index in [0.29, 0.717) is 11.3 Å². The molecule has 0 bridgehead atoms. The lowest BCUT2D eigenvalue weighted by molar-refractivity contribution is 0.112. The fourth-order valence-electron chi connectivity index (χ4n) is 2.01. The molecule has 0 unspecified atom stereocenters. The molecule has 0 spiro atoms. The molecule has 1 aliphatic heterocycles. The van der Waals surface area contributed by atoms with Gasteiger partial charge in [-0.25, -0.2) is 0 Å². The molecular formula is C12H15NO2. The first-order valence-electron chi connectivity index (χ1n) is 5.15. The largest absolute Gasteiger partial charge is 0.496 e. The SMILES string of the molecule is CCN1Cc2cc(C=O)c(OC)cc2C1. The first kappa shape index (κ1) is 10.2. The van der Waals surface area contributed by atoms with E-state index in [0.717, 1.165) is 25.9 Å². The summed E-state index contributed by atoms with van der Waals surface area (Å²) < 4.78 is 5.18. The molecule has 15 heavy (non-hydrogen) atoms. The van der Waals surface area contributed by atoms with Crippen LogP contribution in [0.4, 0.5) is 0 Å². The van der Waals surface area contributed by atoms with Gasteiger partial charge in [0.1, 0.15) is 5.75 Å². The summed E-state index contributed by atoms with van der Waals surface area (Å²) in [7, 11) is 1.60. The van der Waals surface area contributed by atoms with Gasteiger partial charge >= 0.3 is 0 Å². The fourth-order valence-corrected chi connectivity index (χ4v) is 2.01. The number of carbonyl (C=O) groups excluding carboxylic acids is 1. The van der Waals surface area contributed by atoms with Gasteiger partial charge in [0.25, 0.3) is 0 Å². The van der Waals surface area contributed by atoms with Crippen LogP contribution in [0.25, 0.3) is 0 Å². The maximum absolute atomic E-state index is 10.8. The number of methoxy groups -OCH3 is 1. The van der Waals surface area contributed by atoms with Crippen LogP contribution >= 0.6 is 0 Å². The average molecular weight is 205 g/mol. The minimum atomic E-state index is 0.647. The van der Waals surface area contributed by atoms with Gasteiger partial charge in [0, 0.05) is 13.1 Å². The molecule has 2 rings (SSSR count). The minimum Gasteiger partial charge on any atom is -0.496 e. The molecule has 0 fully saturated rings. The first-order chi connectivity index (χ1) is 7.28. The zero-order valence-electron chi connectivity index (χ0n) is 9.12. The number of hydrogen-bond acceptors (Lipinski definition) is 3. The monoisotopic (exact) mass is 205 g/mol. The van der Waals surface area contributed by atoms with Crippen LogP contribution in [-0.2, 0) is 13.1 Å². The van der Waals surface area contributed by atoms with Crippen molar-refractivity contribution in [3.05, 3.63) is 28.8 Å². The molecule has 3 heteroatoms. The Morgan fingerprint density at radius 3 is 2.60 bits per heavy atom. The summed E-state index contributed by atoms with van der Waals surface area (Å²) in [6.45, 7) is 5.08. The summed E-state index contributed by atoms with van der Waals surface area (Å²) in [5, 5.41) is 0. The number of aldehydes is 1. The summed E-state index contributed by atoms with van der Waals surface area (Å²) in [5.74, 6) is 0.682. The van der Waals surface area contributed by atoms with Gasteiger partial charge in [0.15, 0.2) is 6.29 Å². The number of fused-ring (bicyclic) bond motifs is 1. The minimum absolute atomic E-state index is 0.647. The van der Waals surface area contributed by atoms with E-state index in [2.05, 4.69) is 11.8 Å². The van der Waals surface area contributed by atoms with Crippen LogP contribution in [0.5, 0.6) is 5.75 Å². The van der Waals surface area contributed by atoms with Gasteiger partial charge in [-0.05, 0) is 29.8 Å². The molecule has 0 aliphatic carbocycles. The Balaban J connectivity index is 2.39. The average Bonchev–Trinajstić information content (AvgIpc) is 2.68. The van der Waals surface area contributed by atoms with E-state index in [1.165, 1.54) is 11.1 Å². The zero-order valence-corrected chi connectivity index (χ0v) is 9.12. The van der Waals surface area contributed by atoms with Crippen molar-refractivity contribution in [3.63, 3.8) is 0 Å². The topological polar surface area (TPSA) is 29.5 Å². The fraction of sp³-hybridized carbons (Fsp3) is 0.417. The predicted molar refractivity (Wildman–Crippen MR) is 58.2 cm³/mol. The highest BCUT2D eigenvalue weighted by atomic mass is 16.5. The van der Waals surface area contributed by atoms with Crippen molar-refractivity contribution in [1.29, 1.82) is 0 Å². The van der Waals surface area contributed by atoms with Crippen LogP contribution in [-0.4, -0.2) is 24.8 Å². The second kappa shape index (κ2) is 4.03. The lowest BCUT2D eigenvalue weighted by Crippen LogP contribution is -2.14. The summed E-state index contributed by atoms with van der Waals surface area (Å²) in [6.07, 6.45) is 0.855. The van der Waals surface area contributed by atoms with E-state index in [1.807, 2.05) is 12.1 Å². The van der Waals surface area contributed by atoms with Crippen LogP contribution in [0.2, 0.25) is 0 Å². The standard InChI is InChI=1S/C12H15NO2/c1-3-13-6-9-4-11(8-14)12(15-2)5-10(9)7-13/h4-5,8H,3,6-7H2,1-2H3. The summed E-state index contributed by atoms with van der Waals surface area (Å²) >= 11 is 0. The number of hydrogen-bond donors (Lipinski definition) is 0. The molecule has 0 radical (unpaired) electrons. The molecule has 3 nitrogen and oxygen atoms in total. The van der Waals surface area contributed by atoms with E-state index < -0.39 is 0 Å². The normalized spacial score (nSPS) is 15.1. The molecule has 1 aromatic carbocycles. The van der Waals surface area contributed by atoms with Crippen molar-refractivity contribution in [2.45, 2.75) is 20.0 Å². The van der Waals surface area contributed by atoms with Gasteiger partial charge in [-0.3, -0.25) is 9.69 Å². The van der Waals surface area contributed by atoms with Crippen molar-refractivity contribution in [2.24, 2.45) is 0 Å². The van der Waals surface area contributed by atoms with E-state index in [1.54, 1.807) is 7.11 Å². The third-order valence-electron chi connectivity index (χ3n) is 2.91. The Labute approximate surface area is 89.7 Å². The maximum Gasteiger partial charge on any atom is 0.153 e. The molecule has 1 aromatic rings. The summed E-state index contributed by atoms with van der Waals surface area (Å²) in [5.41, 5.74) is 3.17. The lowest BCUT2D eigenvalue weighted by Gasteiger charge is -2.09. The zero-order chi connectivity index (χ0) is 10.8. The Kier molecular flexibility index (Phi) is 2.73. The molecule has 0 N–H and O–H groups in total. The summed E-state index contributed by atoms with van der Waals surface area (Å²) in [6, 6.07) is 3.92. The Bertz CT molecular complexity index is 387. The number of carbonyl (C=O) groups is 1. The van der Waals surface area contributed by atoms with Crippen LogP contribution in [0.1, 0.15) is 28.4 Å². The smallest absolute Gasteiger partial charge is 0.153 e. The van der Waals surface area contributed by atoms with E-state index in [4.69, 9.17) is 4.74 Å². The Morgan fingerprint density at radius 2 is 2.07 bits per heavy atom. The van der Waals surface area contributed by atoms with E-state index in [-0.39, 0.29) is 0 Å². The van der Waals surface area contributed by atoms with Gasteiger partial charge in [-0.2, -0.15) is 0 Å². The number of nitrogens with zero attached hydrogens (tertiary/aromatic N) is 1. The molecule has 0 saturated carbocycles. The number of ether oxygens (including phenoxy) is 1. The van der Waals surface area contributed by atoms with Crippen molar-refractivity contribution in [1.82, 2.24) is 4.90 Å². The highest BCUT2D eigenvalue weighted by Crippen LogP contribution is 2.29. The van der Waals surface area contributed by atoms with Crippen molar-refractivity contribution in [3.8, 4) is 5.75 Å². The summed E-state index contributed by atoms with van der Waals surface area (Å²) in [4.78, 5) is 13.2. The molecule has 0 aromatic heterocycles. The quantitative estimate of drug-likeness (QED) is 0.705. The third-order valence-corrected chi connectivity index (χ3v) is 2.91. The van der Waals surface area contributed by atoms with Crippen LogP contribution < -0.4 is 4.74 Å². The van der Waals surface area contributed by atoms with Gasteiger partial charge in [-0.15, -0.1) is 0 Å². The maximum atomic E-state index is 10.8. The van der Waals surface area contributed by atoms with E-state index >= 15 is 0 Å². The van der Waals surface area contributed by atoms with Gasteiger partial charge in [0.05, 0.1) is 12.7 Å². The van der Waals surface area contributed by atoms with Gasteiger partial charge in [-0.1, -0.05) is 6.92 Å². The molecule has 0 saturated heterocycles. The number of rotatable bonds is 3. The highest BCUT2D eigenvalue weighted by molar-refractivity contribution is 5.80. The first-order valence-corrected chi connectivity index (χ1v) is 5.15.